The number of fused-ring (bicyclic) bond motifs is 1. The van der Waals surface area contributed by atoms with Gasteiger partial charge in [-0.3, -0.25) is 4.79 Å². The lowest BCUT2D eigenvalue weighted by Crippen LogP contribution is -2.39. The number of carboxylic acids is 1. The van der Waals surface area contributed by atoms with E-state index < -0.39 is 29.0 Å². The molecule has 8 heteroatoms. The third-order valence-electron chi connectivity index (χ3n) is 6.07. The van der Waals surface area contributed by atoms with Gasteiger partial charge in [-0.15, -0.1) is 0 Å². The molecule has 32 heavy (non-hydrogen) atoms. The number of halogens is 3. The Kier molecular flexibility index (Phi) is 5.24. The van der Waals surface area contributed by atoms with Gasteiger partial charge in [0, 0.05) is 17.7 Å². The fourth-order valence-electron chi connectivity index (χ4n) is 3.92. The van der Waals surface area contributed by atoms with Gasteiger partial charge < -0.3 is 5.11 Å². The lowest BCUT2D eigenvalue weighted by Gasteiger charge is -2.32. The highest BCUT2D eigenvalue weighted by Crippen LogP contribution is 2.40. The molecule has 4 aromatic rings. The highest BCUT2D eigenvalue weighted by atomic mass is 19.4. The Morgan fingerprint density at radius 1 is 1.03 bits per heavy atom. The van der Waals surface area contributed by atoms with Crippen LogP contribution in [0.25, 0.3) is 16.8 Å². The van der Waals surface area contributed by atoms with Gasteiger partial charge in [-0.05, 0) is 36.2 Å². The van der Waals surface area contributed by atoms with Gasteiger partial charge in [0.05, 0.1) is 17.5 Å². The molecule has 1 N–H and O–H groups in total. The molecule has 0 radical (unpaired) electrons. The van der Waals surface area contributed by atoms with Crippen LogP contribution in [-0.4, -0.2) is 25.7 Å². The Labute approximate surface area is 182 Å². The Bertz CT molecular complexity index is 1270. The maximum Gasteiger partial charge on any atom is 0.416 e. The molecule has 0 amide bonds. The van der Waals surface area contributed by atoms with Crippen LogP contribution in [0.1, 0.15) is 36.6 Å². The fraction of sp³-hybridized carbons (Fsp3) is 0.208. The molecule has 2 heterocycles. The predicted molar refractivity (Wildman–Crippen MR) is 113 cm³/mol. The van der Waals surface area contributed by atoms with Crippen molar-refractivity contribution in [2.45, 2.75) is 31.4 Å². The van der Waals surface area contributed by atoms with E-state index in [-0.39, 0.29) is 0 Å². The van der Waals surface area contributed by atoms with Crippen molar-refractivity contribution >= 4 is 11.6 Å². The summed E-state index contributed by atoms with van der Waals surface area (Å²) in [5.41, 5.74) is 0.580. The zero-order valence-electron chi connectivity index (χ0n) is 17.3. The number of hydrogen-bond acceptors (Lipinski definition) is 3. The second-order valence-electron chi connectivity index (χ2n) is 7.84. The zero-order valence-corrected chi connectivity index (χ0v) is 17.3. The summed E-state index contributed by atoms with van der Waals surface area (Å²) in [6.07, 6.45) is -1.44. The standard InChI is InChI=1S/C24H20F3N3O2/c1-15(16-6-4-3-5-7-16)23(2,22(31)32)20-12-13-28-21-19(14-29-30(20)21)17-8-10-18(11-9-17)24(25,26)27/h3-15H,1-2H3,(H,31,32)/t15?,23-/m1/s1. The minimum atomic E-state index is -4.43. The summed E-state index contributed by atoms with van der Waals surface area (Å²) in [5.74, 6) is -1.42. The lowest BCUT2D eigenvalue weighted by molar-refractivity contribution is -0.144. The molecule has 2 atom stereocenters. The first kappa shape index (κ1) is 21.5. The van der Waals surface area contributed by atoms with E-state index in [1.807, 2.05) is 37.3 Å². The summed E-state index contributed by atoms with van der Waals surface area (Å²) in [5, 5.41) is 14.6. The van der Waals surface area contributed by atoms with Crippen LogP contribution >= 0.6 is 0 Å². The summed E-state index contributed by atoms with van der Waals surface area (Å²) < 4.78 is 40.2. The normalized spacial score (nSPS) is 14.8. The van der Waals surface area contributed by atoms with Crippen molar-refractivity contribution in [3.05, 3.63) is 89.9 Å². The molecule has 4 rings (SSSR count). The second kappa shape index (κ2) is 7.78. The van der Waals surface area contributed by atoms with Crippen LogP contribution in [0.2, 0.25) is 0 Å². The van der Waals surface area contributed by atoms with Crippen LogP contribution in [0.15, 0.2) is 73.1 Å². The first-order valence-corrected chi connectivity index (χ1v) is 9.93. The van der Waals surface area contributed by atoms with Crippen molar-refractivity contribution in [1.29, 1.82) is 0 Å². The van der Waals surface area contributed by atoms with Gasteiger partial charge in [0.1, 0.15) is 5.41 Å². The molecule has 5 nitrogen and oxygen atoms in total. The van der Waals surface area contributed by atoms with Gasteiger partial charge in [-0.1, -0.05) is 49.4 Å². The minimum Gasteiger partial charge on any atom is -0.481 e. The SMILES string of the molecule is CC(c1ccccc1)[C@@](C)(C(=O)O)c1ccnc2c(-c3ccc(C(F)(F)F)cc3)cnn12. The smallest absolute Gasteiger partial charge is 0.416 e. The van der Waals surface area contributed by atoms with Crippen LogP contribution < -0.4 is 0 Å². The Hall–Kier alpha value is -3.68. The number of hydrogen-bond donors (Lipinski definition) is 1. The van der Waals surface area contributed by atoms with Crippen LogP contribution in [-0.2, 0) is 16.4 Å². The van der Waals surface area contributed by atoms with Crippen molar-refractivity contribution in [2.75, 3.05) is 0 Å². The summed E-state index contributed by atoms with van der Waals surface area (Å²) in [6, 6.07) is 15.7. The number of rotatable bonds is 5. The quantitative estimate of drug-likeness (QED) is 0.442. The maximum absolute atomic E-state index is 12.9. The third kappa shape index (κ3) is 3.51. The van der Waals surface area contributed by atoms with E-state index in [4.69, 9.17) is 0 Å². The van der Waals surface area contributed by atoms with Gasteiger partial charge in [0.15, 0.2) is 5.65 Å². The van der Waals surface area contributed by atoms with E-state index in [9.17, 15) is 23.1 Å². The summed E-state index contributed by atoms with van der Waals surface area (Å²) >= 11 is 0. The molecule has 2 aromatic carbocycles. The molecular formula is C24H20F3N3O2. The van der Waals surface area contributed by atoms with Crippen molar-refractivity contribution in [2.24, 2.45) is 0 Å². The maximum atomic E-state index is 12.9. The van der Waals surface area contributed by atoms with E-state index in [0.29, 0.717) is 22.5 Å². The number of benzene rings is 2. The van der Waals surface area contributed by atoms with E-state index in [0.717, 1.165) is 17.7 Å². The Balaban J connectivity index is 1.84. The van der Waals surface area contributed by atoms with Crippen LogP contribution in [0.3, 0.4) is 0 Å². The number of nitrogens with zero attached hydrogens (tertiary/aromatic N) is 3. The van der Waals surface area contributed by atoms with Crippen molar-refractivity contribution in [1.82, 2.24) is 14.6 Å². The molecule has 0 aliphatic rings. The van der Waals surface area contributed by atoms with Crippen LogP contribution in [0.5, 0.6) is 0 Å². The highest BCUT2D eigenvalue weighted by Gasteiger charge is 2.44. The average Bonchev–Trinajstić information content (AvgIpc) is 3.22. The lowest BCUT2D eigenvalue weighted by atomic mass is 9.72. The number of carboxylic acid groups (broad SMARTS) is 1. The molecule has 0 aliphatic carbocycles. The summed E-state index contributed by atoms with van der Waals surface area (Å²) in [4.78, 5) is 16.9. The second-order valence-corrected chi connectivity index (χ2v) is 7.84. The topological polar surface area (TPSA) is 67.5 Å². The first-order valence-electron chi connectivity index (χ1n) is 9.93. The van der Waals surface area contributed by atoms with Crippen molar-refractivity contribution in [3.8, 4) is 11.1 Å². The molecule has 0 bridgehead atoms. The van der Waals surface area contributed by atoms with Crippen LogP contribution in [0, 0.1) is 0 Å². The molecular weight excluding hydrogens is 419 g/mol. The summed E-state index contributed by atoms with van der Waals surface area (Å²) in [7, 11) is 0. The molecule has 0 saturated heterocycles. The molecule has 164 valence electrons. The number of aliphatic carboxylic acids is 1. The molecule has 2 aromatic heterocycles. The van der Waals surface area contributed by atoms with E-state index in [2.05, 4.69) is 10.1 Å². The largest absolute Gasteiger partial charge is 0.481 e. The van der Waals surface area contributed by atoms with E-state index in [1.54, 1.807) is 13.0 Å². The van der Waals surface area contributed by atoms with Crippen molar-refractivity contribution in [3.63, 3.8) is 0 Å². The molecule has 0 aliphatic heterocycles. The van der Waals surface area contributed by atoms with Gasteiger partial charge >= 0.3 is 12.1 Å². The van der Waals surface area contributed by atoms with Gasteiger partial charge in [0.2, 0.25) is 0 Å². The van der Waals surface area contributed by atoms with Gasteiger partial charge in [-0.25, -0.2) is 9.50 Å². The predicted octanol–water partition coefficient (Wildman–Crippen LogP) is 5.56. The molecule has 0 saturated carbocycles. The Morgan fingerprint density at radius 2 is 1.69 bits per heavy atom. The van der Waals surface area contributed by atoms with Crippen molar-refractivity contribution < 1.29 is 23.1 Å². The van der Waals surface area contributed by atoms with Crippen LogP contribution in [0.4, 0.5) is 13.2 Å². The number of alkyl halides is 3. The minimum absolute atomic E-state index is 0.370. The molecule has 0 fully saturated rings. The molecule has 0 spiro atoms. The van der Waals surface area contributed by atoms with E-state index >= 15 is 0 Å². The molecule has 1 unspecified atom stereocenters. The zero-order chi connectivity index (χ0) is 23.1. The number of aromatic nitrogens is 3. The third-order valence-corrected chi connectivity index (χ3v) is 6.07. The van der Waals surface area contributed by atoms with E-state index in [1.165, 1.54) is 29.0 Å². The highest BCUT2D eigenvalue weighted by molar-refractivity contribution is 5.83. The monoisotopic (exact) mass is 439 g/mol. The fourth-order valence-corrected chi connectivity index (χ4v) is 3.92. The average molecular weight is 439 g/mol. The van der Waals surface area contributed by atoms with Gasteiger partial charge in [0.25, 0.3) is 0 Å². The van der Waals surface area contributed by atoms with Gasteiger partial charge in [-0.2, -0.15) is 18.3 Å². The number of carbonyl (C=O) groups is 1. The summed E-state index contributed by atoms with van der Waals surface area (Å²) in [6.45, 7) is 3.48. The Morgan fingerprint density at radius 3 is 2.28 bits per heavy atom. The first-order chi connectivity index (χ1) is 15.1.